The van der Waals surface area contributed by atoms with Crippen molar-refractivity contribution in [3.05, 3.63) is 50.4 Å². The zero-order chi connectivity index (χ0) is 13.1. The Kier molecular flexibility index (Phi) is 4.38. The number of rotatable bonds is 4. The van der Waals surface area contributed by atoms with Crippen molar-refractivity contribution in [1.29, 1.82) is 0 Å². The van der Waals surface area contributed by atoms with Crippen molar-refractivity contribution in [1.82, 2.24) is 10.3 Å². The van der Waals surface area contributed by atoms with Gasteiger partial charge in [0.1, 0.15) is 0 Å². The van der Waals surface area contributed by atoms with Crippen LogP contribution in [0, 0.1) is 13.8 Å². The number of likely N-dealkylation sites (N-methyl/N-ethyl adjacent to an activating group) is 1. The number of aryl methyl sites for hydroxylation is 2. The van der Waals surface area contributed by atoms with Crippen LogP contribution in [0.1, 0.15) is 27.9 Å². The molecule has 0 aliphatic heterocycles. The van der Waals surface area contributed by atoms with Crippen LogP contribution < -0.4 is 5.32 Å². The highest BCUT2D eigenvalue weighted by molar-refractivity contribution is 7.09. The summed E-state index contributed by atoms with van der Waals surface area (Å²) in [4.78, 5) is 4.52. The van der Waals surface area contributed by atoms with Gasteiger partial charge in [0.2, 0.25) is 0 Å². The molecule has 2 rings (SSSR count). The molecule has 0 fully saturated rings. The summed E-state index contributed by atoms with van der Waals surface area (Å²) in [5.74, 6) is 0. The van der Waals surface area contributed by atoms with E-state index >= 15 is 0 Å². The molecular formula is C14H17ClN2S. The van der Waals surface area contributed by atoms with Crippen molar-refractivity contribution >= 4 is 22.9 Å². The first-order chi connectivity index (χ1) is 8.60. The molecule has 2 nitrogen and oxygen atoms in total. The van der Waals surface area contributed by atoms with Crippen LogP contribution in [0.25, 0.3) is 0 Å². The first kappa shape index (κ1) is 13.5. The predicted molar refractivity (Wildman–Crippen MR) is 78.5 cm³/mol. The van der Waals surface area contributed by atoms with Crippen molar-refractivity contribution < 1.29 is 0 Å². The van der Waals surface area contributed by atoms with Crippen molar-refractivity contribution in [3.8, 4) is 0 Å². The van der Waals surface area contributed by atoms with E-state index < -0.39 is 0 Å². The maximum absolute atomic E-state index is 6.06. The Hall–Kier alpha value is -0.900. The fourth-order valence-electron chi connectivity index (χ4n) is 1.94. The lowest BCUT2D eigenvalue weighted by molar-refractivity contribution is 0.589. The molecule has 1 aromatic heterocycles. The van der Waals surface area contributed by atoms with Crippen LogP contribution >= 0.6 is 22.9 Å². The van der Waals surface area contributed by atoms with E-state index in [-0.39, 0.29) is 6.04 Å². The van der Waals surface area contributed by atoms with Crippen LogP contribution in [0.3, 0.4) is 0 Å². The number of nitrogens with zero attached hydrogens (tertiary/aromatic N) is 1. The number of hydrogen-bond donors (Lipinski definition) is 1. The van der Waals surface area contributed by atoms with Crippen LogP contribution in [-0.4, -0.2) is 12.0 Å². The van der Waals surface area contributed by atoms with Crippen molar-refractivity contribution in [2.45, 2.75) is 26.3 Å². The molecule has 0 saturated heterocycles. The molecule has 18 heavy (non-hydrogen) atoms. The number of nitrogens with one attached hydrogen (secondary N) is 1. The summed E-state index contributed by atoms with van der Waals surface area (Å²) >= 11 is 7.78. The van der Waals surface area contributed by atoms with Crippen LogP contribution in [0.15, 0.2) is 23.6 Å². The molecule has 1 atom stereocenters. The number of aromatic nitrogens is 1. The first-order valence-corrected chi connectivity index (χ1v) is 7.20. The maximum atomic E-state index is 6.06. The van der Waals surface area contributed by atoms with E-state index in [0.717, 1.165) is 22.7 Å². The number of hydrogen-bond acceptors (Lipinski definition) is 3. The topological polar surface area (TPSA) is 24.9 Å². The molecule has 1 unspecified atom stereocenters. The molecule has 0 amide bonds. The molecule has 0 saturated carbocycles. The van der Waals surface area contributed by atoms with Gasteiger partial charge in [0.15, 0.2) is 0 Å². The third-order valence-electron chi connectivity index (χ3n) is 2.98. The van der Waals surface area contributed by atoms with E-state index in [1.807, 2.05) is 27.0 Å². The number of halogens is 1. The summed E-state index contributed by atoms with van der Waals surface area (Å²) in [6.45, 7) is 4.06. The van der Waals surface area contributed by atoms with E-state index in [0.29, 0.717) is 0 Å². The summed E-state index contributed by atoms with van der Waals surface area (Å²) in [6, 6.07) is 6.47. The van der Waals surface area contributed by atoms with E-state index in [9.17, 15) is 0 Å². The normalized spacial score (nSPS) is 12.7. The second-order valence-corrected chi connectivity index (χ2v) is 5.79. The van der Waals surface area contributed by atoms with Gasteiger partial charge in [-0.05, 0) is 38.1 Å². The molecule has 0 aliphatic rings. The highest BCUT2D eigenvalue weighted by Crippen LogP contribution is 2.24. The zero-order valence-corrected chi connectivity index (χ0v) is 12.4. The molecule has 4 heteroatoms. The Morgan fingerprint density at radius 1 is 1.39 bits per heavy atom. The van der Waals surface area contributed by atoms with Crippen LogP contribution in [0.2, 0.25) is 5.02 Å². The molecule has 1 aromatic carbocycles. The summed E-state index contributed by atoms with van der Waals surface area (Å²) in [6.07, 6.45) is 0.913. The van der Waals surface area contributed by atoms with Gasteiger partial charge in [-0.1, -0.05) is 23.7 Å². The molecule has 1 heterocycles. The van der Waals surface area contributed by atoms with E-state index in [1.165, 1.54) is 10.6 Å². The van der Waals surface area contributed by atoms with Crippen LogP contribution in [0.5, 0.6) is 0 Å². The Labute approximate surface area is 117 Å². The fraction of sp³-hybridized carbons (Fsp3) is 0.357. The third-order valence-corrected chi connectivity index (χ3v) is 4.39. The quantitative estimate of drug-likeness (QED) is 0.918. The Bertz CT molecular complexity index is 536. The Morgan fingerprint density at radius 2 is 2.17 bits per heavy atom. The molecule has 0 spiro atoms. The van der Waals surface area contributed by atoms with Gasteiger partial charge in [0, 0.05) is 28.6 Å². The van der Waals surface area contributed by atoms with Gasteiger partial charge in [-0.25, -0.2) is 4.98 Å². The highest BCUT2D eigenvalue weighted by atomic mass is 35.5. The molecule has 0 radical (unpaired) electrons. The lowest BCUT2D eigenvalue weighted by Gasteiger charge is -2.16. The minimum atomic E-state index is 0.284. The Balaban J connectivity index is 2.19. The molecule has 2 aromatic rings. The van der Waals surface area contributed by atoms with Gasteiger partial charge in [0.05, 0.1) is 5.01 Å². The lowest BCUT2D eigenvalue weighted by atomic mass is 10.0. The smallest absolute Gasteiger partial charge is 0.0947 e. The monoisotopic (exact) mass is 280 g/mol. The third kappa shape index (κ3) is 3.10. The van der Waals surface area contributed by atoms with Gasteiger partial charge in [-0.3, -0.25) is 0 Å². The van der Waals surface area contributed by atoms with Crippen LogP contribution in [0.4, 0.5) is 0 Å². The van der Waals surface area contributed by atoms with Gasteiger partial charge >= 0.3 is 0 Å². The summed E-state index contributed by atoms with van der Waals surface area (Å²) in [7, 11) is 1.98. The van der Waals surface area contributed by atoms with Gasteiger partial charge in [-0.15, -0.1) is 11.3 Å². The number of benzene rings is 1. The van der Waals surface area contributed by atoms with Crippen molar-refractivity contribution in [3.63, 3.8) is 0 Å². The maximum Gasteiger partial charge on any atom is 0.0947 e. The SMILES string of the molecule is CNC(Cc1nc(C)cs1)c1ccc(Cl)c(C)c1. The average Bonchev–Trinajstić information content (AvgIpc) is 2.75. The zero-order valence-electron chi connectivity index (χ0n) is 10.8. The standard InChI is InChI=1S/C14H17ClN2S/c1-9-6-11(4-5-12(9)15)13(16-3)7-14-17-10(2)8-18-14/h4-6,8,13,16H,7H2,1-3H3. The fourth-order valence-corrected chi connectivity index (χ4v) is 2.88. The van der Waals surface area contributed by atoms with Gasteiger partial charge in [0.25, 0.3) is 0 Å². The molecule has 96 valence electrons. The average molecular weight is 281 g/mol. The minimum absolute atomic E-state index is 0.284. The largest absolute Gasteiger partial charge is 0.313 e. The first-order valence-electron chi connectivity index (χ1n) is 5.94. The van der Waals surface area contributed by atoms with Crippen molar-refractivity contribution in [2.75, 3.05) is 7.05 Å². The summed E-state index contributed by atoms with van der Waals surface area (Å²) < 4.78 is 0. The van der Waals surface area contributed by atoms with E-state index in [1.54, 1.807) is 11.3 Å². The molecule has 0 bridgehead atoms. The van der Waals surface area contributed by atoms with Crippen LogP contribution in [-0.2, 0) is 6.42 Å². The Morgan fingerprint density at radius 3 is 2.72 bits per heavy atom. The summed E-state index contributed by atoms with van der Waals surface area (Å²) in [5.41, 5.74) is 3.47. The lowest BCUT2D eigenvalue weighted by Crippen LogP contribution is -2.18. The molecular weight excluding hydrogens is 264 g/mol. The van der Waals surface area contributed by atoms with E-state index in [2.05, 4.69) is 27.8 Å². The van der Waals surface area contributed by atoms with Gasteiger partial charge in [-0.2, -0.15) is 0 Å². The second-order valence-electron chi connectivity index (χ2n) is 4.44. The van der Waals surface area contributed by atoms with Gasteiger partial charge < -0.3 is 5.32 Å². The summed E-state index contributed by atoms with van der Waals surface area (Å²) in [5, 5.41) is 7.42. The predicted octanol–water partition coefficient (Wildman–Crippen LogP) is 3.92. The molecule has 1 N–H and O–H groups in total. The second kappa shape index (κ2) is 5.83. The highest BCUT2D eigenvalue weighted by Gasteiger charge is 2.13. The number of thiazole rings is 1. The van der Waals surface area contributed by atoms with Crippen molar-refractivity contribution in [2.24, 2.45) is 0 Å². The minimum Gasteiger partial charge on any atom is -0.313 e. The molecule has 0 aliphatic carbocycles. The van der Waals surface area contributed by atoms with E-state index in [4.69, 9.17) is 11.6 Å².